The van der Waals surface area contributed by atoms with Gasteiger partial charge in [0, 0.05) is 24.5 Å². The summed E-state index contributed by atoms with van der Waals surface area (Å²) in [6, 6.07) is 13.3. The van der Waals surface area contributed by atoms with Crippen molar-refractivity contribution in [2.45, 2.75) is 13.3 Å². The van der Waals surface area contributed by atoms with Crippen LogP contribution in [-0.2, 0) is 18.3 Å². The molecule has 30 heavy (non-hydrogen) atoms. The highest BCUT2D eigenvalue weighted by Gasteiger charge is 2.15. The zero-order valence-electron chi connectivity index (χ0n) is 17.1. The lowest BCUT2D eigenvalue weighted by molar-refractivity contribution is -0.115. The Balaban J connectivity index is 1.57. The molecule has 7 nitrogen and oxygen atoms in total. The molecule has 3 N–H and O–H groups in total. The Hall–Kier alpha value is -3.87. The zero-order valence-corrected chi connectivity index (χ0v) is 17.1. The van der Waals surface area contributed by atoms with Crippen LogP contribution in [0, 0.1) is 6.92 Å². The monoisotopic (exact) mass is 401 g/mol. The smallest absolute Gasteiger partial charge is 0.228 e. The van der Waals surface area contributed by atoms with Gasteiger partial charge in [0.2, 0.25) is 5.91 Å². The number of amides is 1. The van der Waals surface area contributed by atoms with Gasteiger partial charge in [-0.3, -0.25) is 4.79 Å². The Morgan fingerprint density at radius 2 is 2.00 bits per heavy atom. The summed E-state index contributed by atoms with van der Waals surface area (Å²) in [6.45, 7) is 2.01. The van der Waals surface area contributed by atoms with Crippen LogP contribution >= 0.6 is 0 Å². The van der Waals surface area contributed by atoms with Gasteiger partial charge in [-0.25, -0.2) is 9.97 Å². The quantitative estimate of drug-likeness (QED) is 0.531. The molecule has 0 aliphatic heterocycles. The van der Waals surface area contributed by atoms with Crippen molar-refractivity contribution in [2.24, 2.45) is 7.05 Å². The lowest BCUT2D eigenvalue weighted by atomic mass is 10.00. The van der Waals surface area contributed by atoms with E-state index < -0.39 is 0 Å². The number of nitrogens with zero attached hydrogens (tertiary/aromatic N) is 3. The molecule has 0 aliphatic rings. The minimum absolute atomic E-state index is 0.0850. The first-order valence-corrected chi connectivity index (χ1v) is 9.55. The Morgan fingerprint density at radius 1 is 1.17 bits per heavy atom. The van der Waals surface area contributed by atoms with E-state index in [9.17, 15) is 4.79 Å². The summed E-state index contributed by atoms with van der Waals surface area (Å²) in [5.41, 5.74) is 11.6. The van der Waals surface area contributed by atoms with E-state index in [2.05, 4.69) is 15.3 Å². The highest BCUT2D eigenvalue weighted by Crippen LogP contribution is 2.34. The number of aromatic nitrogens is 3. The first kappa shape index (κ1) is 19.4. The molecule has 7 heteroatoms. The van der Waals surface area contributed by atoms with Crippen LogP contribution in [0.5, 0.6) is 5.75 Å². The number of ether oxygens (including phenoxy) is 1. The fourth-order valence-electron chi connectivity index (χ4n) is 3.66. The van der Waals surface area contributed by atoms with Crippen molar-refractivity contribution in [1.29, 1.82) is 0 Å². The van der Waals surface area contributed by atoms with Crippen molar-refractivity contribution < 1.29 is 9.53 Å². The molecule has 0 saturated carbocycles. The van der Waals surface area contributed by atoms with E-state index in [4.69, 9.17) is 10.5 Å². The first-order valence-electron chi connectivity index (χ1n) is 9.55. The Kier molecular flexibility index (Phi) is 5.10. The maximum atomic E-state index is 12.5. The second-order valence-corrected chi connectivity index (χ2v) is 7.22. The number of carbonyl (C=O) groups excluding carboxylic acids is 1. The molecule has 2 aromatic heterocycles. The van der Waals surface area contributed by atoms with Crippen LogP contribution in [0.25, 0.3) is 22.2 Å². The van der Waals surface area contributed by atoms with Crippen molar-refractivity contribution in [1.82, 2.24) is 14.5 Å². The number of rotatable bonds is 5. The Morgan fingerprint density at radius 3 is 2.77 bits per heavy atom. The van der Waals surface area contributed by atoms with Crippen LogP contribution in [0.1, 0.15) is 11.1 Å². The molecule has 4 rings (SSSR count). The van der Waals surface area contributed by atoms with Gasteiger partial charge >= 0.3 is 0 Å². The lowest BCUT2D eigenvalue weighted by Gasteiger charge is -2.10. The molecule has 152 valence electrons. The van der Waals surface area contributed by atoms with Crippen molar-refractivity contribution in [3.63, 3.8) is 0 Å². The summed E-state index contributed by atoms with van der Waals surface area (Å²) in [7, 11) is 3.54. The molecule has 0 spiro atoms. The van der Waals surface area contributed by atoms with E-state index in [0.29, 0.717) is 5.82 Å². The van der Waals surface area contributed by atoms with Gasteiger partial charge in [0.05, 0.1) is 18.9 Å². The third-order valence-corrected chi connectivity index (χ3v) is 5.08. The van der Waals surface area contributed by atoms with E-state index in [1.807, 2.05) is 67.2 Å². The second kappa shape index (κ2) is 7.87. The van der Waals surface area contributed by atoms with Gasteiger partial charge in [0.1, 0.15) is 23.5 Å². The Bertz CT molecular complexity index is 1250. The minimum Gasteiger partial charge on any atom is -0.497 e. The summed E-state index contributed by atoms with van der Waals surface area (Å²) < 4.78 is 7.15. The number of nitrogens with two attached hydrogens (primary N) is 1. The van der Waals surface area contributed by atoms with Gasteiger partial charge in [0.15, 0.2) is 0 Å². The van der Waals surface area contributed by atoms with E-state index in [0.717, 1.165) is 44.7 Å². The number of aryl methyl sites for hydroxylation is 2. The third kappa shape index (κ3) is 3.69. The van der Waals surface area contributed by atoms with Crippen LogP contribution in [0.4, 0.5) is 11.5 Å². The normalized spacial score (nSPS) is 10.9. The van der Waals surface area contributed by atoms with Gasteiger partial charge < -0.3 is 20.4 Å². The minimum atomic E-state index is -0.0850. The van der Waals surface area contributed by atoms with Crippen LogP contribution in [0.2, 0.25) is 0 Å². The summed E-state index contributed by atoms with van der Waals surface area (Å²) in [5.74, 6) is 1.10. The summed E-state index contributed by atoms with van der Waals surface area (Å²) >= 11 is 0. The highest BCUT2D eigenvalue weighted by molar-refractivity contribution is 6.01. The SMILES string of the molecule is COc1cccc(CC(=O)Nc2ccc(-c3cn(C)c4ncnc(N)c34)c(C)c2)c1. The topological polar surface area (TPSA) is 95.1 Å². The molecule has 1 amide bonds. The lowest BCUT2D eigenvalue weighted by Crippen LogP contribution is -2.14. The number of benzene rings is 2. The van der Waals surface area contributed by atoms with Gasteiger partial charge in [-0.1, -0.05) is 18.2 Å². The summed E-state index contributed by atoms with van der Waals surface area (Å²) in [4.78, 5) is 20.9. The molecule has 2 aromatic carbocycles. The molecule has 2 heterocycles. The highest BCUT2D eigenvalue weighted by atomic mass is 16.5. The molecular weight excluding hydrogens is 378 g/mol. The molecule has 0 bridgehead atoms. The number of nitrogen functional groups attached to an aromatic ring is 1. The fraction of sp³-hybridized carbons (Fsp3) is 0.174. The van der Waals surface area contributed by atoms with Gasteiger partial charge in [-0.05, 0) is 47.9 Å². The predicted octanol–water partition coefficient (Wildman–Crippen LogP) is 3.72. The number of hydrogen-bond acceptors (Lipinski definition) is 5. The largest absolute Gasteiger partial charge is 0.497 e. The van der Waals surface area contributed by atoms with Crippen LogP contribution in [0.15, 0.2) is 55.0 Å². The molecule has 0 aliphatic carbocycles. The molecule has 0 saturated heterocycles. The van der Waals surface area contributed by atoms with Crippen LogP contribution in [0.3, 0.4) is 0 Å². The summed E-state index contributed by atoms with van der Waals surface area (Å²) in [6.07, 6.45) is 3.74. The number of hydrogen-bond donors (Lipinski definition) is 2. The standard InChI is InChI=1S/C23H23N5O2/c1-14-9-16(27-20(29)11-15-5-4-6-17(10-15)30-3)7-8-18(14)19-12-28(2)23-21(19)22(24)25-13-26-23/h4-10,12-13H,11H2,1-3H3,(H,27,29)(H2,24,25,26). The van der Waals surface area contributed by atoms with E-state index >= 15 is 0 Å². The zero-order chi connectivity index (χ0) is 21.3. The van der Waals surface area contributed by atoms with Crippen LogP contribution < -0.4 is 15.8 Å². The van der Waals surface area contributed by atoms with E-state index in [-0.39, 0.29) is 12.3 Å². The van der Waals surface area contributed by atoms with Crippen molar-refractivity contribution >= 4 is 28.4 Å². The third-order valence-electron chi connectivity index (χ3n) is 5.08. The number of methoxy groups -OCH3 is 1. The fourth-order valence-corrected chi connectivity index (χ4v) is 3.66. The summed E-state index contributed by atoms with van der Waals surface area (Å²) in [5, 5.41) is 3.80. The molecule has 0 radical (unpaired) electrons. The van der Waals surface area contributed by atoms with Crippen molar-refractivity contribution in [3.05, 3.63) is 66.1 Å². The van der Waals surface area contributed by atoms with Gasteiger partial charge in [-0.2, -0.15) is 0 Å². The van der Waals surface area contributed by atoms with Gasteiger partial charge in [-0.15, -0.1) is 0 Å². The number of fused-ring (bicyclic) bond motifs is 1. The molecule has 0 unspecified atom stereocenters. The van der Waals surface area contributed by atoms with Crippen molar-refractivity contribution in [3.8, 4) is 16.9 Å². The number of nitrogens with one attached hydrogen (secondary N) is 1. The maximum absolute atomic E-state index is 12.5. The molecule has 0 atom stereocenters. The predicted molar refractivity (Wildman–Crippen MR) is 118 cm³/mol. The van der Waals surface area contributed by atoms with E-state index in [1.165, 1.54) is 6.33 Å². The number of carbonyl (C=O) groups is 1. The second-order valence-electron chi connectivity index (χ2n) is 7.22. The number of anilines is 2. The first-order chi connectivity index (χ1) is 14.5. The van der Waals surface area contributed by atoms with E-state index in [1.54, 1.807) is 7.11 Å². The van der Waals surface area contributed by atoms with Crippen molar-refractivity contribution in [2.75, 3.05) is 18.2 Å². The van der Waals surface area contributed by atoms with Gasteiger partial charge in [0.25, 0.3) is 0 Å². The molecular formula is C23H23N5O2. The Labute approximate surface area is 174 Å². The average molecular weight is 401 g/mol. The molecule has 0 fully saturated rings. The molecule has 4 aromatic rings. The van der Waals surface area contributed by atoms with Crippen LogP contribution in [-0.4, -0.2) is 27.6 Å². The average Bonchev–Trinajstić information content (AvgIpc) is 3.06. The maximum Gasteiger partial charge on any atom is 0.228 e.